The molecule has 15 heavy (non-hydrogen) atoms. The Morgan fingerprint density at radius 3 is 2.73 bits per heavy atom. The van der Waals surface area contributed by atoms with E-state index in [1.165, 1.54) is 4.80 Å². The molecule has 1 aromatic rings. The van der Waals surface area contributed by atoms with Crippen LogP contribution in [0.4, 0.5) is 0 Å². The fourth-order valence-corrected chi connectivity index (χ4v) is 1.30. The third-order valence-corrected chi connectivity index (χ3v) is 1.98. The maximum atomic E-state index is 11.7. The van der Waals surface area contributed by atoms with Gasteiger partial charge in [0.15, 0.2) is 11.6 Å². The van der Waals surface area contributed by atoms with E-state index < -0.39 is 0 Å². The SMILES string of the molecule is CCOC(CC)C(=O)Cc1nnn(C)n1. The molecule has 6 heteroatoms. The Balaban J connectivity index is 2.53. The van der Waals surface area contributed by atoms with Gasteiger partial charge in [-0.15, -0.1) is 10.2 Å². The standard InChI is InChI=1S/C9H16N4O2/c1-4-8(15-5-2)7(14)6-9-10-12-13(3)11-9/h8H,4-6H2,1-3H3. The van der Waals surface area contributed by atoms with E-state index in [1.54, 1.807) is 7.05 Å². The number of hydrogen-bond donors (Lipinski definition) is 0. The first kappa shape index (κ1) is 11.8. The molecule has 1 heterocycles. The molecule has 0 spiro atoms. The van der Waals surface area contributed by atoms with Crippen LogP contribution < -0.4 is 0 Å². The highest BCUT2D eigenvalue weighted by Gasteiger charge is 2.18. The normalized spacial score (nSPS) is 12.7. The van der Waals surface area contributed by atoms with Gasteiger partial charge in [0.1, 0.15) is 6.10 Å². The van der Waals surface area contributed by atoms with E-state index in [0.29, 0.717) is 18.9 Å². The van der Waals surface area contributed by atoms with Crippen LogP contribution in [0.15, 0.2) is 0 Å². The van der Waals surface area contributed by atoms with Crippen molar-refractivity contribution < 1.29 is 9.53 Å². The molecule has 84 valence electrons. The van der Waals surface area contributed by atoms with Crippen molar-refractivity contribution in [1.29, 1.82) is 0 Å². The summed E-state index contributed by atoms with van der Waals surface area (Å²) in [6.07, 6.45) is 0.512. The maximum absolute atomic E-state index is 11.7. The van der Waals surface area contributed by atoms with Crippen molar-refractivity contribution in [2.75, 3.05) is 6.61 Å². The van der Waals surface area contributed by atoms with Gasteiger partial charge in [0, 0.05) is 6.61 Å². The van der Waals surface area contributed by atoms with Crippen molar-refractivity contribution in [3.8, 4) is 0 Å². The smallest absolute Gasteiger partial charge is 0.182 e. The lowest BCUT2D eigenvalue weighted by atomic mass is 10.1. The summed E-state index contributed by atoms with van der Waals surface area (Å²) < 4.78 is 5.30. The lowest BCUT2D eigenvalue weighted by Gasteiger charge is -2.11. The molecule has 0 saturated carbocycles. The average Bonchev–Trinajstić information content (AvgIpc) is 2.60. The maximum Gasteiger partial charge on any atom is 0.182 e. The Morgan fingerprint density at radius 1 is 1.53 bits per heavy atom. The van der Waals surface area contributed by atoms with Crippen molar-refractivity contribution in [3.63, 3.8) is 0 Å². The van der Waals surface area contributed by atoms with Crippen LogP contribution in [-0.4, -0.2) is 38.7 Å². The summed E-state index contributed by atoms with van der Waals surface area (Å²) in [4.78, 5) is 13.0. The number of hydrogen-bond acceptors (Lipinski definition) is 5. The van der Waals surface area contributed by atoms with E-state index in [9.17, 15) is 4.79 Å². The van der Waals surface area contributed by atoms with Crippen molar-refractivity contribution in [3.05, 3.63) is 5.82 Å². The molecule has 0 aliphatic rings. The second-order valence-electron chi connectivity index (χ2n) is 3.19. The number of tetrazole rings is 1. The molecular weight excluding hydrogens is 196 g/mol. The zero-order chi connectivity index (χ0) is 11.3. The second kappa shape index (κ2) is 5.55. The molecule has 1 rings (SSSR count). The Bertz CT molecular complexity index is 324. The van der Waals surface area contributed by atoms with E-state index in [1.807, 2.05) is 13.8 Å². The van der Waals surface area contributed by atoms with Crippen LogP contribution in [-0.2, 0) is 23.0 Å². The summed E-state index contributed by atoms with van der Waals surface area (Å²) in [5.41, 5.74) is 0. The van der Waals surface area contributed by atoms with Crippen LogP contribution in [0, 0.1) is 0 Å². The van der Waals surface area contributed by atoms with Gasteiger partial charge in [-0.05, 0) is 18.6 Å². The Hall–Kier alpha value is -1.30. The number of rotatable bonds is 6. The number of Topliss-reactive ketones (excluding diaryl/α,β-unsaturated/α-hetero) is 1. The molecule has 1 unspecified atom stereocenters. The number of aromatic nitrogens is 4. The lowest BCUT2D eigenvalue weighted by molar-refractivity contribution is -0.129. The molecular formula is C9H16N4O2. The minimum absolute atomic E-state index is 0.00681. The van der Waals surface area contributed by atoms with E-state index in [2.05, 4.69) is 15.4 Å². The van der Waals surface area contributed by atoms with Gasteiger partial charge in [-0.1, -0.05) is 6.92 Å². The Kier molecular flexibility index (Phi) is 4.36. The molecule has 0 bridgehead atoms. The van der Waals surface area contributed by atoms with Gasteiger partial charge in [-0.3, -0.25) is 4.79 Å². The van der Waals surface area contributed by atoms with Gasteiger partial charge < -0.3 is 4.74 Å². The largest absolute Gasteiger partial charge is 0.371 e. The van der Waals surface area contributed by atoms with Crippen molar-refractivity contribution in [2.45, 2.75) is 32.8 Å². The molecule has 0 saturated heterocycles. The number of aryl methyl sites for hydroxylation is 1. The summed E-state index contributed by atoms with van der Waals surface area (Å²) in [6.45, 7) is 4.33. The highest BCUT2D eigenvalue weighted by molar-refractivity contribution is 5.84. The average molecular weight is 212 g/mol. The minimum Gasteiger partial charge on any atom is -0.371 e. The van der Waals surface area contributed by atoms with Gasteiger partial charge in [0.05, 0.1) is 13.5 Å². The highest BCUT2D eigenvalue weighted by atomic mass is 16.5. The quantitative estimate of drug-likeness (QED) is 0.670. The van der Waals surface area contributed by atoms with Crippen LogP contribution in [0.25, 0.3) is 0 Å². The predicted molar refractivity (Wildman–Crippen MR) is 53.2 cm³/mol. The van der Waals surface area contributed by atoms with Crippen molar-refractivity contribution in [2.24, 2.45) is 7.05 Å². The molecule has 0 radical (unpaired) electrons. The zero-order valence-corrected chi connectivity index (χ0v) is 9.30. The Morgan fingerprint density at radius 2 is 2.27 bits per heavy atom. The third kappa shape index (κ3) is 3.39. The van der Waals surface area contributed by atoms with Crippen LogP contribution in [0.3, 0.4) is 0 Å². The summed E-state index contributed by atoms with van der Waals surface area (Å²) in [5.74, 6) is 0.452. The minimum atomic E-state index is -0.348. The first-order valence-electron chi connectivity index (χ1n) is 5.04. The predicted octanol–water partition coefficient (Wildman–Crippen LogP) is 0.137. The number of carbonyl (C=O) groups is 1. The van der Waals surface area contributed by atoms with Crippen LogP contribution >= 0.6 is 0 Å². The van der Waals surface area contributed by atoms with Crippen molar-refractivity contribution >= 4 is 5.78 Å². The third-order valence-electron chi connectivity index (χ3n) is 1.98. The monoisotopic (exact) mass is 212 g/mol. The number of ether oxygens (including phenoxy) is 1. The number of carbonyl (C=O) groups excluding carboxylic acids is 1. The highest BCUT2D eigenvalue weighted by Crippen LogP contribution is 2.03. The fourth-order valence-electron chi connectivity index (χ4n) is 1.30. The fraction of sp³-hybridized carbons (Fsp3) is 0.778. The van der Waals surface area contributed by atoms with Crippen molar-refractivity contribution in [1.82, 2.24) is 20.2 Å². The van der Waals surface area contributed by atoms with Crippen LogP contribution in [0.2, 0.25) is 0 Å². The molecule has 6 nitrogen and oxygen atoms in total. The first-order valence-corrected chi connectivity index (χ1v) is 5.04. The van der Waals surface area contributed by atoms with E-state index >= 15 is 0 Å². The molecule has 0 amide bonds. The van der Waals surface area contributed by atoms with E-state index in [-0.39, 0.29) is 18.3 Å². The van der Waals surface area contributed by atoms with Crippen LogP contribution in [0.1, 0.15) is 26.1 Å². The van der Waals surface area contributed by atoms with E-state index in [0.717, 1.165) is 0 Å². The lowest BCUT2D eigenvalue weighted by Crippen LogP contribution is -2.25. The molecule has 1 aromatic heterocycles. The summed E-state index contributed by atoms with van der Waals surface area (Å²) >= 11 is 0. The molecule has 0 aromatic carbocycles. The summed E-state index contributed by atoms with van der Waals surface area (Å²) in [5, 5.41) is 11.4. The topological polar surface area (TPSA) is 69.9 Å². The van der Waals surface area contributed by atoms with Gasteiger partial charge in [-0.2, -0.15) is 4.80 Å². The molecule has 0 aliphatic carbocycles. The summed E-state index contributed by atoms with van der Waals surface area (Å²) in [7, 11) is 1.67. The van der Waals surface area contributed by atoms with E-state index in [4.69, 9.17) is 4.74 Å². The molecule has 0 N–H and O–H groups in total. The molecule has 0 aliphatic heterocycles. The Labute approximate surface area is 88.6 Å². The summed E-state index contributed by atoms with van der Waals surface area (Å²) in [6, 6.07) is 0. The number of ketones is 1. The number of nitrogens with zero attached hydrogens (tertiary/aromatic N) is 4. The van der Waals surface area contributed by atoms with Gasteiger partial charge in [0.25, 0.3) is 0 Å². The van der Waals surface area contributed by atoms with Gasteiger partial charge in [0.2, 0.25) is 0 Å². The van der Waals surface area contributed by atoms with Crippen LogP contribution in [0.5, 0.6) is 0 Å². The first-order chi connectivity index (χ1) is 7.17. The zero-order valence-electron chi connectivity index (χ0n) is 9.30. The van der Waals surface area contributed by atoms with Gasteiger partial charge >= 0.3 is 0 Å². The second-order valence-corrected chi connectivity index (χ2v) is 3.19. The van der Waals surface area contributed by atoms with Gasteiger partial charge in [-0.25, -0.2) is 0 Å². The molecule has 1 atom stereocenters. The molecule has 0 fully saturated rings.